The number of hydrogen-bond acceptors (Lipinski definition) is 7. The van der Waals surface area contributed by atoms with Crippen molar-refractivity contribution in [1.82, 2.24) is 20.4 Å². The third-order valence-corrected chi connectivity index (χ3v) is 5.18. The molecule has 150 valence electrons. The summed E-state index contributed by atoms with van der Waals surface area (Å²) in [6.07, 6.45) is 4.75. The minimum Gasteiger partial charge on any atom is -0.476 e. The van der Waals surface area contributed by atoms with Crippen molar-refractivity contribution in [3.05, 3.63) is 29.5 Å². The molecule has 1 amide bonds. The molecule has 1 aliphatic carbocycles. The Kier molecular flexibility index (Phi) is 4.95. The first kappa shape index (κ1) is 18.7. The Hall–Kier alpha value is -2.64. The van der Waals surface area contributed by atoms with E-state index in [1.807, 2.05) is 19.9 Å². The zero-order valence-corrected chi connectivity index (χ0v) is 16.7. The number of aromatic nitrogens is 3. The van der Waals surface area contributed by atoms with Crippen molar-refractivity contribution in [2.45, 2.75) is 52.0 Å². The number of nitrogens with zero attached hydrogens (tertiary/aromatic N) is 4. The molecule has 4 rings (SSSR count). The summed E-state index contributed by atoms with van der Waals surface area (Å²) in [5.41, 5.74) is 0.518. The van der Waals surface area contributed by atoms with E-state index in [1.54, 1.807) is 13.0 Å². The third-order valence-electron chi connectivity index (χ3n) is 5.18. The van der Waals surface area contributed by atoms with Crippen molar-refractivity contribution in [1.29, 1.82) is 0 Å². The molecule has 1 aliphatic heterocycles. The number of anilines is 1. The minimum absolute atomic E-state index is 0.295. The van der Waals surface area contributed by atoms with Gasteiger partial charge in [0.1, 0.15) is 5.69 Å². The van der Waals surface area contributed by atoms with Crippen LogP contribution in [0.15, 0.2) is 16.7 Å². The molecule has 8 nitrogen and oxygen atoms in total. The predicted molar refractivity (Wildman–Crippen MR) is 103 cm³/mol. The van der Waals surface area contributed by atoms with E-state index in [2.05, 4.69) is 25.3 Å². The van der Waals surface area contributed by atoms with E-state index in [-0.39, 0.29) is 5.91 Å². The summed E-state index contributed by atoms with van der Waals surface area (Å²) >= 11 is 0. The van der Waals surface area contributed by atoms with E-state index in [0.29, 0.717) is 35.8 Å². The topological polar surface area (TPSA) is 93.4 Å². The average molecular weight is 385 g/mol. The molecule has 1 saturated carbocycles. The summed E-state index contributed by atoms with van der Waals surface area (Å²) < 4.78 is 11.0. The van der Waals surface area contributed by atoms with Gasteiger partial charge in [-0.3, -0.25) is 4.79 Å². The molecule has 1 N–H and O–H groups in total. The maximum Gasteiger partial charge on any atom is 0.270 e. The second-order valence-corrected chi connectivity index (χ2v) is 8.19. The molecular weight excluding hydrogens is 358 g/mol. The predicted octanol–water partition coefficient (Wildman–Crippen LogP) is 2.83. The summed E-state index contributed by atoms with van der Waals surface area (Å²) in [5, 5.41) is 6.86. The number of amides is 1. The summed E-state index contributed by atoms with van der Waals surface area (Å²) in [6, 6.07) is 3.70. The Labute approximate surface area is 164 Å². The molecule has 1 saturated heterocycles. The fraction of sp³-hybridized carbons (Fsp3) is 0.600. The zero-order valence-electron chi connectivity index (χ0n) is 16.7. The number of carbonyl (C=O) groups excluding carboxylic acids is 1. The average Bonchev–Trinajstić information content (AvgIpc) is 3.13. The van der Waals surface area contributed by atoms with Crippen molar-refractivity contribution < 1.29 is 14.1 Å². The molecule has 0 radical (unpaired) electrons. The van der Waals surface area contributed by atoms with Crippen LogP contribution in [0.25, 0.3) is 0 Å². The van der Waals surface area contributed by atoms with Gasteiger partial charge in [0.05, 0.1) is 17.8 Å². The van der Waals surface area contributed by atoms with Gasteiger partial charge < -0.3 is 19.5 Å². The van der Waals surface area contributed by atoms with Gasteiger partial charge in [0, 0.05) is 20.0 Å². The number of hydrogen-bond donors (Lipinski definition) is 1. The van der Waals surface area contributed by atoms with Gasteiger partial charge in [0.25, 0.3) is 5.91 Å². The van der Waals surface area contributed by atoms with E-state index < -0.39 is 5.54 Å². The van der Waals surface area contributed by atoms with E-state index in [1.165, 1.54) is 25.7 Å². The highest BCUT2D eigenvalue weighted by molar-refractivity contribution is 5.93. The van der Waals surface area contributed by atoms with Crippen molar-refractivity contribution in [3.8, 4) is 5.88 Å². The Bertz CT molecular complexity index is 853. The fourth-order valence-electron chi connectivity index (χ4n) is 3.30. The lowest BCUT2D eigenvalue weighted by Gasteiger charge is -2.23. The van der Waals surface area contributed by atoms with Crippen LogP contribution in [0.5, 0.6) is 5.88 Å². The van der Waals surface area contributed by atoms with Gasteiger partial charge in [0.15, 0.2) is 5.82 Å². The van der Waals surface area contributed by atoms with Gasteiger partial charge >= 0.3 is 0 Å². The van der Waals surface area contributed by atoms with Gasteiger partial charge in [-0.2, -0.15) is 4.98 Å². The number of carbonyl (C=O) groups is 1. The molecule has 0 spiro atoms. The maximum absolute atomic E-state index is 12.8. The highest BCUT2D eigenvalue weighted by Gasteiger charge is 2.30. The smallest absolute Gasteiger partial charge is 0.270 e. The lowest BCUT2D eigenvalue weighted by atomic mass is 10.0. The third kappa shape index (κ3) is 4.10. The summed E-state index contributed by atoms with van der Waals surface area (Å²) in [4.78, 5) is 23.9. The SMILES string of the molecule is Cc1nc(C(C)(C)NC(=O)c2ccc(N3CCCC3)c(OCC3CC3)n2)no1. The van der Waals surface area contributed by atoms with Crippen molar-refractivity contribution in [2.24, 2.45) is 5.92 Å². The Morgan fingerprint density at radius 1 is 1.29 bits per heavy atom. The molecule has 3 heterocycles. The Morgan fingerprint density at radius 2 is 2.04 bits per heavy atom. The lowest BCUT2D eigenvalue weighted by Crippen LogP contribution is -2.42. The number of ether oxygens (including phenoxy) is 1. The second-order valence-electron chi connectivity index (χ2n) is 8.19. The monoisotopic (exact) mass is 385 g/mol. The molecule has 2 fully saturated rings. The highest BCUT2D eigenvalue weighted by atomic mass is 16.5. The molecule has 2 aromatic heterocycles. The summed E-state index contributed by atoms with van der Waals surface area (Å²) in [6.45, 7) is 8.04. The Balaban J connectivity index is 1.54. The minimum atomic E-state index is -0.779. The van der Waals surface area contributed by atoms with Crippen LogP contribution >= 0.6 is 0 Å². The molecule has 0 unspecified atom stereocenters. The molecule has 0 atom stereocenters. The quantitative estimate of drug-likeness (QED) is 0.783. The standard InChI is InChI=1S/C20H27N5O3/c1-13-21-19(24-28-13)20(2,3)23-17(26)15-8-9-16(25-10-4-5-11-25)18(22-15)27-12-14-6-7-14/h8-9,14H,4-7,10-12H2,1-3H3,(H,23,26). The van der Waals surface area contributed by atoms with Gasteiger partial charge in [-0.05, 0) is 57.6 Å². The molecule has 2 aliphatic rings. The molecule has 0 bridgehead atoms. The molecule has 28 heavy (non-hydrogen) atoms. The van der Waals surface area contributed by atoms with Crippen LogP contribution in [-0.4, -0.2) is 40.7 Å². The first-order valence-electron chi connectivity index (χ1n) is 9.94. The van der Waals surface area contributed by atoms with Crippen molar-refractivity contribution in [3.63, 3.8) is 0 Å². The van der Waals surface area contributed by atoms with Crippen molar-refractivity contribution >= 4 is 11.6 Å². The first-order valence-corrected chi connectivity index (χ1v) is 9.94. The fourth-order valence-corrected chi connectivity index (χ4v) is 3.30. The zero-order chi connectivity index (χ0) is 19.7. The largest absolute Gasteiger partial charge is 0.476 e. The van der Waals surface area contributed by atoms with Gasteiger partial charge in [-0.25, -0.2) is 4.98 Å². The highest BCUT2D eigenvalue weighted by Crippen LogP contribution is 2.33. The first-order chi connectivity index (χ1) is 13.4. The van der Waals surface area contributed by atoms with Crippen LogP contribution in [0.3, 0.4) is 0 Å². The lowest BCUT2D eigenvalue weighted by molar-refractivity contribution is 0.0901. The molecule has 2 aromatic rings. The second kappa shape index (κ2) is 7.41. The normalized spacial score (nSPS) is 17.0. The summed E-state index contributed by atoms with van der Waals surface area (Å²) in [7, 11) is 0. The number of pyridine rings is 1. The molecule has 0 aromatic carbocycles. The van der Waals surface area contributed by atoms with Crippen LogP contribution in [-0.2, 0) is 5.54 Å². The number of nitrogens with one attached hydrogen (secondary N) is 1. The van der Waals surface area contributed by atoms with Crippen LogP contribution in [0.4, 0.5) is 5.69 Å². The number of rotatable bonds is 7. The van der Waals surface area contributed by atoms with Crippen molar-refractivity contribution in [2.75, 3.05) is 24.6 Å². The maximum atomic E-state index is 12.8. The molecule has 8 heteroatoms. The van der Waals surface area contributed by atoms with Crippen LogP contribution in [0.1, 0.15) is 61.7 Å². The van der Waals surface area contributed by atoms with E-state index in [4.69, 9.17) is 9.26 Å². The van der Waals surface area contributed by atoms with Gasteiger partial charge in [0.2, 0.25) is 11.8 Å². The van der Waals surface area contributed by atoms with Crippen LogP contribution in [0, 0.1) is 12.8 Å². The molecular formula is C20H27N5O3. The number of aryl methyl sites for hydroxylation is 1. The van der Waals surface area contributed by atoms with E-state index in [9.17, 15) is 4.79 Å². The van der Waals surface area contributed by atoms with E-state index in [0.717, 1.165) is 18.8 Å². The van der Waals surface area contributed by atoms with Gasteiger partial charge in [-0.1, -0.05) is 5.16 Å². The van der Waals surface area contributed by atoms with Crippen LogP contribution in [0.2, 0.25) is 0 Å². The van der Waals surface area contributed by atoms with Gasteiger partial charge in [-0.15, -0.1) is 0 Å². The van der Waals surface area contributed by atoms with Crippen LogP contribution < -0.4 is 15.0 Å². The summed E-state index contributed by atoms with van der Waals surface area (Å²) in [5.74, 6) is 1.76. The van der Waals surface area contributed by atoms with E-state index >= 15 is 0 Å². The Morgan fingerprint density at radius 3 is 2.68 bits per heavy atom.